The fourth-order valence-corrected chi connectivity index (χ4v) is 7.06. The van der Waals surface area contributed by atoms with E-state index < -0.39 is 39.0 Å². The molecule has 0 bridgehead atoms. The first kappa shape index (κ1) is 29.0. The standard InChI is InChI=1S/C29H32ClFN4O3S2/c1-27(2,3)40(36)35-24(22-19(30)14-34-26(32)23(22)31)21-12-16-8-7-9-18(25(16)39-21)20-13-17(10-11-33-20)29(6)15-37-28(4,5)38-29/h7-14,24,35H,15H2,1-6H3,(H2,32,34)/t24-,29?,40?/m0/s1. The van der Waals surface area contributed by atoms with E-state index in [4.69, 9.17) is 26.8 Å². The third-order valence-corrected chi connectivity index (χ3v) is 9.88. The van der Waals surface area contributed by atoms with Crippen LogP contribution in [0.5, 0.6) is 0 Å². The van der Waals surface area contributed by atoms with Crippen LogP contribution >= 0.6 is 22.9 Å². The van der Waals surface area contributed by atoms with Crippen LogP contribution in [-0.2, 0) is 26.1 Å². The van der Waals surface area contributed by atoms with Crippen molar-refractivity contribution in [2.24, 2.45) is 0 Å². The molecule has 11 heteroatoms. The van der Waals surface area contributed by atoms with E-state index in [1.165, 1.54) is 17.5 Å². The van der Waals surface area contributed by atoms with Crippen molar-refractivity contribution >= 4 is 49.8 Å². The van der Waals surface area contributed by atoms with Crippen molar-refractivity contribution in [1.29, 1.82) is 0 Å². The van der Waals surface area contributed by atoms with Gasteiger partial charge in [0.2, 0.25) is 0 Å². The number of thiophene rings is 1. The summed E-state index contributed by atoms with van der Waals surface area (Å²) in [6.07, 6.45) is 3.08. The minimum Gasteiger partial charge on any atom is -0.381 e. The Morgan fingerprint density at radius 2 is 1.95 bits per heavy atom. The molecule has 1 aromatic carbocycles. The SMILES string of the molecule is CC1(C)OCC(C)(c2ccnc(-c3cccc4cc([C@H](NS(=O)C(C)(C)C)c5c(Cl)cnc(N)c5F)sc34)c2)O1. The van der Waals surface area contributed by atoms with Crippen LogP contribution in [-0.4, -0.2) is 31.3 Å². The highest BCUT2D eigenvalue weighted by Gasteiger charge is 2.43. The van der Waals surface area contributed by atoms with Crippen LogP contribution in [0.25, 0.3) is 21.3 Å². The summed E-state index contributed by atoms with van der Waals surface area (Å²) in [4.78, 5) is 9.24. The lowest BCUT2D eigenvalue weighted by molar-refractivity contribution is -0.159. The minimum atomic E-state index is -1.54. The Bertz CT molecular complexity index is 1620. The molecule has 5 rings (SSSR count). The van der Waals surface area contributed by atoms with Gasteiger partial charge in [0.25, 0.3) is 0 Å². The highest BCUT2D eigenvalue weighted by atomic mass is 35.5. The van der Waals surface area contributed by atoms with Crippen LogP contribution in [0.2, 0.25) is 5.02 Å². The van der Waals surface area contributed by atoms with Crippen molar-refractivity contribution in [2.75, 3.05) is 12.3 Å². The predicted molar refractivity (Wildman–Crippen MR) is 160 cm³/mol. The van der Waals surface area contributed by atoms with Crippen LogP contribution in [0.3, 0.4) is 0 Å². The van der Waals surface area contributed by atoms with E-state index in [1.54, 1.807) is 6.20 Å². The number of aromatic nitrogens is 2. The third-order valence-electron chi connectivity index (χ3n) is 6.77. The molecular weight excluding hydrogens is 571 g/mol. The van der Waals surface area contributed by atoms with E-state index in [0.29, 0.717) is 6.61 Å². The Labute approximate surface area is 244 Å². The number of hydrogen-bond acceptors (Lipinski definition) is 7. The molecule has 4 heterocycles. The van der Waals surface area contributed by atoms with Crippen molar-refractivity contribution in [1.82, 2.24) is 14.7 Å². The number of pyridine rings is 2. The molecule has 7 nitrogen and oxygen atoms in total. The zero-order valence-corrected chi connectivity index (χ0v) is 25.6. The molecule has 1 aliphatic rings. The average Bonchev–Trinajstić information content (AvgIpc) is 3.45. The molecule has 3 atom stereocenters. The molecule has 3 aromatic heterocycles. The van der Waals surface area contributed by atoms with Crippen LogP contribution in [0.1, 0.15) is 63.6 Å². The number of hydrogen-bond donors (Lipinski definition) is 2. The van der Waals surface area contributed by atoms with Gasteiger partial charge in [0, 0.05) is 33.1 Å². The number of fused-ring (bicyclic) bond motifs is 1. The van der Waals surface area contributed by atoms with Crippen LogP contribution < -0.4 is 10.5 Å². The Morgan fingerprint density at radius 3 is 2.62 bits per heavy atom. The first-order chi connectivity index (χ1) is 18.7. The zero-order chi connectivity index (χ0) is 29.0. The fraction of sp³-hybridized carbons (Fsp3) is 0.379. The van der Waals surface area contributed by atoms with E-state index in [2.05, 4.69) is 14.7 Å². The maximum atomic E-state index is 15.4. The Balaban J connectivity index is 1.62. The number of ether oxygens (including phenoxy) is 2. The van der Waals surface area contributed by atoms with Gasteiger partial charge < -0.3 is 15.2 Å². The molecule has 0 aliphatic carbocycles. The Morgan fingerprint density at radius 1 is 1.20 bits per heavy atom. The highest BCUT2D eigenvalue weighted by molar-refractivity contribution is 7.84. The van der Waals surface area contributed by atoms with Crippen molar-refractivity contribution in [3.8, 4) is 11.3 Å². The highest BCUT2D eigenvalue weighted by Crippen LogP contribution is 2.43. The van der Waals surface area contributed by atoms with Gasteiger partial charge in [-0.05, 0) is 70.7 Å². The summed E-state index contributed by atoms with van der Waals surface area (Å²) in [7, 11) is -1.54. The second-order valence-electron chi connectivity index (χ2n) is 11.5. The molecule has 0 saturated carbocycles. The summed E-state index contributed by atoms with van der Waals surface area (Å²) in [5, 5.41) is 1.03. The largest absolute Gasteiger partial charge is 0.381 e. The van der Waals surface area contributed by atoms with E-state index in [1.807, 2.05) is 77.9 Å². The molecule has 3 N–H and O–H groups in total. The Hall–Kier alpha value is -2.47. The van der Waals surface area contributed by atoms with Crippen LogP contribution in [0.15, 0.2) is 48.8 Å². The zero-order valence-electron chi connectivity index (χ0n) is 23.2. The summed E-state index contributed by atoms with van der Waals surface area (Å²) in [6, 6.07) is 11.0. The average molecular weight is 603 g/mol. The van der Waals surface area contributed by atoms with Gasteiger partial charge in [-0.3, -0.25) is 4.98 Å². The van der Waals surface area contributed by atoms with Gasteiger partial charge in [0.05, 0.1) is 39.1 Å². The molecule has 1 fully saturated rings. The summed E-state index contributed by atoms with van der Waals surface area (Å²) in [5.41, 5.74) is 7.95. The molecule has 0 spiro atoms. The van der Waals surface area contributed by atoms with Gasteiger partial charge in [0.1, 0.15) is 5.60 Å². The first-order valence-corrected chi connectivity index (χ1v) is 15.1. The number of nitrogens with two attached hydrogens (primary N) is 1. The van der Waals surface area contributed by atoms with Gasteiger partial charge in [0.15, 0.2) is 17.4 Å². The lowest BCUT2D eigenvalue weighted by atomic mass is 9.96. The molecule has 212 valence electrons. The molecule has 1 aliphatic heterocycles. The van der Waals surface area contributed by atoms with E-state index in [9.17, 15) is 4.21 Å². The third kappa shape index (κ3) is 5.53. The van der Waals surface area contributed by atoms with Gasteiger partial charge in [-0.15, -0.1) is 11.3 Å². The first-order valence-electron chi connectivity index (χ1n) is 12.8. The maximum Gasteiger partial charge on any atom is 0.171 e. The van der Waals surface area contributed by atoms with Crippen LogP contribution in [0.4, 0.5) is 10.2 Å². The van der Waals surface area contributed by atoms with E-state index in [-0.39, 0.29) is 16.4 Å². The normalized spacial score (nSPS) is 20.6. The fourth-order valence-electron chi connectivity index (χ4n) is 4.69. The number of anilines is 1. The lowest BCUT2D eigenvalue weighted by Gasteiger charge is -2.25. The number of benzene rings is 1. The minimum absolute atomic E-state index is 0.0945. The number of nitrogens with zero attached hydrogens (tertiary/aromatic N) is 2. The van der Waals surface area contributed by atoms with Crippen molar-refractivity contribution in [3.05, 3.63) is 75.6 Å². The predicted octanol–water partition coefficient (Wildman–Crippen LogP) is 6.87. The van der Waals surface area contributed by atoms with Crippen molar-refractivity contribution in [2.45, 2.75) is 63.7 Å². The molecule has 0 amide bonds. The number of nitrogen functional groups attached to an aromatic ring is 1. The molecular formula is C29H32ClFN4O3S2. The quantitative estimate of drug-likeness (QED) is 0.250. The number of rotatable bonds is 6. The van der Waals surface area contributed by atoms with Gasteiger partial charge in [-0.2, -0.15) is 0 Å². The summed E-state index contributed by atoms with van der Waals surface area (Å²) in [6.45, 7) is 11.8. The molecule has 4 aromatic rings. The van der Waals surface area contributed by atoms with E-state index in [0.717, 1.165) is 31.8 Å². The summed E-state index contributed by atoms with van der Waals surface area (Å²) < 4.78 is 44.2. The van der Waals surface area contributed by atoms with Gasteiger partial charge >= 0.3 is 0 Å². The lowest BCUT2D eigenvalue weighted by Crippen LogP contribution is -2.36. The van der Waals surface area contributed by atoms with Crippen molar-refractivity contribution in [3.63, 3.8) is 0 Å². The second-order valence-corrected chi connectivity index (χ2v) is 15.0. The van der Waals surface area contributed by atoms with Gasteiger partial charge in [-0.1, -0.05) is 29.8 Å². The smallest absolute Gasteiger partial charge is 0.171 e. The second kappa shape index (κ2) is 10.4. The summed E-state index contributed by atoms with van der Waals surface area (Å²) >= 11 is 7.91. The van der Waals surface area contributed by atoms with Crippen molar-refractivity contribution < 1.29 is 18.1 Å². The molecule has 40 heavy (non-hydrogen) atoms. The number of nitrogens with one attached hydrogen (secondary N) is 1. The van der Waals surface area contributed by atoms with Crippen LogP contribution in [0, 0.1) is 5.82 Å². The van der Waals surface area contributed by atoms with Gasteiger partial charge in [-0.25, -0.2) is 18.3 Å². The monoisotopic (exact) mass is 602 g/mol. The molecule has 0 radical (unpaired) electrons. The molecule has 1 saturated heterocycles. The summed E-state index contributed by atoms with van der Waals surface area (Å²) in [5.74, 6) is -1.69. The Kier molecular flexibility index (Phi) is 7.56. The van der Waals surface area contributed by atoms with E-state index >= 15 is 4.39 Å². The topological polar surface area (TPSA) is 99.4 Å². The molecule has 2 unspecified atom stereocenters. The maximum absolute atomic E-state index is 15.4. The number of halogens is 2.